The van der Waals surface area contributed by atoms with Crippen molar-refractivity contribution in [2.75, 3.05) is 53.6 Å². The first-order chi connectivity index (χ1) is 16.4. The average Bonchev–Trinajstić information content (AvgIpc) is 3.12. The lowest BCUT2D eigenvalue weighted by molar-refractivity contribution is -0.140. The molecule has 1 atom stereocenters. The van der Waals surface area contributed by atoms with Gasteiger partial charge in [0, 0.05) is 37.3 Å². The molecule has 9 heteroatoms. The standard InChI is InChI=1S/C25H27FN2O6/c1-32-18-7-8-20(33-2)19(15-18)22-21(23(29)16-3-5-17(26)6-4-16)24(30)25(31)28(22)10-9-27-11-13-34-14-12-27/h3-8,15,22,29H,9-14H2,1-2H3/b23-21-. The van der Waals surface area contributed by atoms with Gasteiger partial charge >= 0.3 is 0 Å². The molecule has 2 aromatic rings. The van der Waals surface area contributed by atoms with Crippen molar-refractivity contribution in [3.63, 3.8) is 0 Å². The molecule has 2 aromatic carbocycles. The molecule has 0 aromatic heterocycles. The number of amides is 1. The number of nitrogens with zero attached hydrogens (tertiary/aromatic N) is 2. The largest absolute Gasteiger partial charge is 0.507 e. The third kappa shape index (κ3) is 4.62. The number of halogens is 1. The molecule has 0 bridgehead atoms. The van der Waals surface area contributed by atoms with Gasteiger partial charge in [-0.3, -0.25) is 14.5 Å². The van der Waals surface area contributed by atoms with Gasteiger partial charge in [0.15, 0.2) is 0 Å². The van der Waals surface area contributed by atoms with Gasteiger partial charge in [0.2, 0.25) is 0 Å². The molecule has 0 aliphatic carbocycles. The number of carbonyl (C=O) groups excluding carboxylic acids is 2. The van der Waals surface area contributed by atoms with Crippen LogP contribution in [0.2, 0.25) is 0 Å². The maximum absolute atomic E-state index is 13.5. The second kappa shape index (κ2) is 10.2. The van der Waals surface area contributed by atoms with E-state index in [0.717, 1.165) is 13.1 Å². The molecule has 0 spiro atoms. The highest BCUT2D eigenvalue weighted by Gasteiger charge is 2.47. The molecule has 180 valence electrons. The highest BCUT2D eigenvalue weighted by molar-refractivity contribution is 6.46. The highest BCUT2D eigenvalue weighted by Crippen LogP contribution is 2.43. The van der Waals surface area contributed by atoms with Crippen LogP contribution in [0.25, 0.3) is 5.76 Å². The summed E-state index contributed by atoms with van der Waals surface area (Å²) in [6, 6.07) is 9.29. The van der Waals surface area contributed by atoms with Crippen molar-refractivity contribution in [2.45, 2.75) is 6.04 Å². The van der Waals surface area contributed by atoms with Crippen LogP contribution in [-0.2, 0) is 14.3 Å². The second-order valence-electron chi connectivity index (χ2n) is 8.06. The fourth-order valence-electron chi connectivity index (χ4n) is 4.32. The van der Waals surface area contributed by atoms with Gasteiger partial charge in [-0.05, 0) is 42.5 Å². The van der Waals surface area contributed by atoms with Crippen LogP contribution in [0.15, 0.2) is 48.0 Å². The van der Waals surface area contributed by atoms with Crippen LogP contribution in [0.5, 0.6) is 11.5 Å². The van der Waals surface area contributed by atoms with Gasteiger partial charge in [-0.1, -0.05) is 0 Å². The van der Waals surface area contributed by atoms with Gasteiger partial charge in [-0.25, -0.2) is 4.39 Å². The van der Waals surface area contributed by atoms with Crippen molar-refractivity contribution < 1.29 is 33.3 Å². The van der Waals surface area contributed by atoms with Gasteiger partial charge in [0.25, 0.3) is 11.7 Å². The Kier molecular flexibility index (Phi) is 7.14. The number of ketones is 1. The Hall–Kier alpha value is -3.43. The Bertz CT molecular complexity index is 1100. The van der Waals surface area contributed by atoms with Gasteiger partial charge in [-0.15, -0.1) is 0 Å². The Morgan fingerprint density at radius 1 is 1.06 bits per heavy atom. The van der Waals surface area contributed by atoms with Crippen LogP contribution >= 0.6 is 0 Å². The third-order valence-corrected chi connectivity index (χ3v) is 6.15. The minimum Gasteiger partial charge on any atom is -0.507 e. The van der Waals surface area contributed by atoms with Crippen LogP contribution in [0.1, 0.15) is 17.2 Å². The van der Waals surface area contributed by atoms with E-state index in [2.05, 4.69) is 4.90 Å². The van der Waals surface area contributed by atoms with E-state index in [1.54, 1.807) is 18.2 Å². The third-order valence-electron chi connectivity index (χ3n) is 6.15. The van der Waals surface area contributed by atoms with E-state index in [1.807, 2.05) is 0 Å². The lowest BCUT2D eigenvalue weighted by Gasteiger charge is -2.31. The first-order valence-corrected chi connectivity index (χ1v) is 11.0. The number of aliphatic hydroxyl groups is 1. The summed E-state index contributed by atoms with van der Waals surface area (Å²) in [5.74, 6) is -1.42. The molecule has 2 heterocycles. The molecule has 1 amide bonds. The molecule has 8 nitrogen and oxygen atoms in total. The summed E-state index contributed by atoms with van der Waals surface area (Å²) in [4.78, 5) is 30.0. The van der Waals surface area contributed by atoms with E-state index < -0.39 is 23.5 Å². The quantitative estimate of drug-likeness (QED) is 0.378. The van der Waals surface area contributed by atoms with Gasteiger partial charge in [-0.2, -0.15) is 0 Å². The number of morpholine rings is 1. The monoisotopic (exact) mass is 470 g/mol. The maximum Gasteiger partial charge on any atom is 0.295 e. The molecule has 1 unspecified atom stereocenters. The molecular weight excluding hydrogens is 443 g/mol. The number of methoxy groups -OCH3 is 2. The van der Waals surface area contributed by atoms with Crippen molar-refractivity contribution in [3.05, 3.63) is 65.0 Å². The number of Topliss-reactive ketones (excluding diaryl/α,β-unsaturated/α-hetero) is 1. The number of hydrogen-bond acceptors (Lipinski definition) is 7. The van der Waals surface area contributed by atoms with E-state index in [0.29, 0.717) is 36.8 Å². The number of benzene rings is 2. The lowest BCUT2D eigenvalue weighted by atomic mass is 9.94. The summed E-state index contributed by atoms with van der Waals surface area (Å²) in [5.41, 5.74) is 0.663. The SMILES string of the molecule is COc1ccc(OC)c(C2/C(=C(/O)c3ccc(F)cc3)C(=O)C(=O)N2CCN2CCOCC2)c1. The van der Waals surface area contributed by atoms with Crippen molar-refractivity contribution in [3.8, 4) is 11.5 Å². The lowest BCUT2D eigenvalue weighted by Crippen LogP contribution is -2.42. The maximum atomic E-state index is 13.5. The summed E-state index contributed by atoms with van der Waals surface area (Å²) in [7, 11) is 3.00. The Morgan fingerprint density at radius 2 is 1.76 bits per heavy atom. The number of carbonyl (C=O) groups is 2. The summed E-state index contributed by atoms with van der Waals surface area (Å²) in [6.07, 6.45) is 0. The van der Waals surface area contributed by atoms with E-state index in [4.69, 9.17) is 14.2 Å². The zero-order chi connectivity index (χ0) is 24.2. The van der Waals surface area contributed by atoms with Crippen LogP contribution in [0, 0.1) is 5.82 Å². The van der Waals surface area contributed by atoms with Crippen molar-refractivity contribution >= 4 is 17.4 Å². The molecular formula is C25H27FN2O6. The zero-order valence-corrected chi connectivity index (χ0v) is 19.1. The Balaban J connectivity index is 1.81. The van der Waals surface area contributed by atoms with Crippen LogP contribution in [-0.4, -0.2) is 80.2 Å². The van der Waals surface area contributed by atoms with Crippen LogP contribution in [0.4, 0.5) is 4.39 Å². The molecule has 0 saturated carbocycles. The van der Waals surface area contributed by atoms with Crippen LogP contribution < -0.4 is 9.47 Å². The first kappa shape index (κ1) is 23.7. The number of aliphatic hydroxyl groups excluding tert-OH is 1. The highest BCUT2D eigenvalue weighted by atomic mass is 19.1. The number of rotatable bonds is 7. The fraction of sp³-hybridized carbons (Fsp3) is 0.360. The topological polar surface area (TPSA) is 88.5 Å². The summed E-state index contributed by atoms with van der Waals surface area (Å²) >= 11 is 0. The van der Waals surface area contributed by atoms with Gasteiger partial charge in [0.05, 0.1) is 39.0 Å². The smallest absolute Gasteiger partial charge is 0.295 e. The predicted octanol–water partition coefficient (Wildman–Crippen LogP) is 2.60. The number of hydrogen-bond donors (Lipinski definition) is 1. The zero-order valence-electron chi connectivity index (χ0n) is 19.1. The van der Waals surface area contributed by atoms with Crippen molar-refractivity contribution in [2.24, 2.45) is 0 Å². The normalized spacial score (nSPS) is 20.6. The van der Waals surface area contributed by atoms with Crippen molar-refractivity contribution in [1.29, 1.82) is 0 Å². The summed E-state index contributed by atoms with van der Waals surface area (Å²) < 4.78 is 29.7. The van der Waals surface area contributed by atoms with Crippen LogP contribution in [0.3, 0.4) is 0 Å². The minimum atomic E-state index is -0.906. The van der Waals surface area contributed by atoms with E-state index in [-0.39, 0.29) is 23.4 Å². The van der Waals surface area contributed by atoms with Gasteiger partial charge < -0.3 is 24.2 Å². The average molecular weight is 470 g/mol. The van der Waals surface area contributed by atoms with E-state index in [9.17, 15) is 19.1 Å². The predicted molar refractivity (Wildman–Crippen MR) is 122 cm³/mol. The molecule has 2 aliphatic rings. The minimum absolute atomic E-state index is 0.0786. The molecule has 4 rings (SSSR count). The molecule has 0 radical (unpaired) electrons. The summed E-state index contributed by atoms with van der Waals surface area (Å²) in [6.45, 7) is 3.47. The molecule has 2 fully saturated rings. The molecule has 2 aliphatic heterocycles. The Morgan fingerprint density at radius 3 is 2.41 bits per heavy atom. The van der Waals surface area contributed by atoms with E-state index >= 15 is 0 Å². The summed E-state index contributed by atoms with van der Waals surface area (Å²) in [5, 5.41) is 11.1. The molecule has 1 N–H and O–H groups in total. The van der Waals surface area contributed by atoms with E-state index in [1.165, 1.54) is 43.4 Å². The Labute approximate surface area is 197 Å². The first-order valence-electron chi connectivity index (χ1n) is 11.0. The van der Waals surface area contributed by atoms with Gasteiger partial charge in [0.1, 0.15) is 23.1 Å². The molecule has 2 saturated heterocycles. The molecule has 34 heavy (non-hydrogen) atoms. The number of likely N-dealkylation sites (tertiary alicyclic amines) is 1. The fourth-order valence-corrected chi connectivity index (χ4v) is 4.32. The second-order valence-corrected chi connectivity index (χ2v) is 8.06. The number of ether oxygens (including phenoxy) is 3. The van der Waals surface area contributed by atoms with Crippen molar-refractivity contribution in [1.82, 2.24) is 9.80 Å².